The lowest BCUT2D eigenvalue weighted by molar-refractivity contribution is 0.471. The molecule has 0 saturated heterocycles. The van der Waals surface area contributed by atoms with Crippen LogP contribution in [0.2, 0.25) is 0 Å². The first-order valence-electron chi connectivity index (χ1n) is 6.45. The smallest absolute Gasteiger partial charge is 0.178 e. The van der Waals surface area contributed by atoms with Gasteiger partial charge in [0.1, 0.15) is 0 Å². The van der Waals surface area contributed by atoms with Crippen molar-refractivity contribution in [2.24, 2.45) is 0 Å². The van der Waals surface area contributed by atoms with Crippen LogP contribution in [0.4, 0.5) is 8.78 Å². The zero-order valence-electron chi connectivity index (χ0n) is 10.3. The summed E-state index contributed by atoms with van der Waals surface area (Å²) in [6.45, 7) is 0. The fraction of sp³-hybridized carbons (Fsp3) is 0.538. The second-order valence-electron chi connectivity index (χ2n) is 5.26. The zero-order valence-corrected chi connectivity index (χ0v) is 11.1. The molecular weight excluding hydrogens is 272 g/mol. The van der Waals surface area contributed by atoms with E-state index in [2.05, 4.69) is 5.32 Å². The molecule has 1 unspecified atom stereocenters. The van der Waals surface area contributed by atoms with E-state index in [1.54, 1.807) is 0 Å². The Morgan fingerprint density at radius 3 is 2.47 bits per heavy atom. The molecule has 1 aromatic carbocycles. The van der Waals surface area contributed by atoms with Gasteiger partial charge >= 0.3 is 0 Å². The van der Waals surface area contributed by atoms with Crippen LogP contribution in [-0.2, 0) is 9.84 Å². The van der Waals surface area contributed by atoms with Crippen LogP contribution in [0.15, 0.2) is 17.0 Å². The fourth-order valence-electron chi connectivity index (χ4n) is 2.54. The van der Waals surface area contributed by atoms with Gasteiger partial charge in [0.05, 0.1) is 10.6 Å². The number of nitrogens with one attached hydrogen (secondary N) is 1. The van der Waals surface area contributed by atoms with Gasteiger partial charge in [0.2, 0.25) is 0 Å². The van der Waals surface area contributed by atoms with E-state index in [9.17, 15) is 17.2 Å². The SMILES string of the molecule is O=S1(=O)CCCC(NC2CC2)c2cc(F)c(F)cc21. The van der Waals surface area contributed by atoms with Crippen LogP contribution in [0.3, 0.4) is 0 Å². The second-order valence-corrected chi connectivity index (χ2v) is 7.34. The van der Waals surface area contributed by atoms with Gasteiger partial charge in [-0.05, 0) is 43.4 Å². The molecule has 1 N–H and O–H groups in total. The van der Waals surface area contributed by atoms with Crippen molar-refractivity contribution in [1.82, 2.24) is 5.32 Å². The molecule has 104 valence electrons. The lowest BCUT2D eigenvalue weighted by Gasteiger charge is -2.18. The quantitative estimate of drug-likeness (QED) is 0.849. The normalized spacial score (nSPS) is 25.7. The highest BCUT2D eigenvalue weighted by Crippen LogP contribution is 2.35. The van der Waals surface area contributed by atoms with Crippen LogP contribution in [0.25, 0.3) is 0 Å². The summed E-state index contributed by atoms with van der Waals surface area (Å²) in [5.74, 6) is -2.10. The molecule has 0 amide bonds. The topological polar surface area (TPSA) is 46.2 Å². The molecule has 1 saturated carbocycles. The van der Waals surface area contributed by atoms with Gasteiger partial charge in [-0.3, -0.25) is 0 Å². The molecule has 1 aliphatic heterocycles. The average Bonchev–Trinajstić information content (AvgIpc) is 3.14. The molecule has 1 aliphatic carbocycles. The van der Waals surface area contributed by atoms with Crippen molar-refractivity contribution in [3.8, 4) is 0 Å². The maximum atomic E-state index is 13.4. The van der Waals surface area contributed by atoms with Crippen molar-refractivity contribution >= 4 is 9.84 Å². The summed E-state index contributed by atoms with van der Waals surface area (Å²) in [5, 5.41) is 3.32. The Hall–Kier alpha value is -1.01. The van der Waals surface area contributed by atoms with E-state index >= 15 is 0 Å². The number of sulfone groups is 1. The summed E-state index contributed by atoms with van der Waals surface area (Å²) >= 11 is 0. The lowest BCUT2D eigenvalue weighted by Crippen LogP contribution is -2.24. The molecule has 0 bridgehead atoms. The van der Waals surface area contributed by atoms with Crippen molar-refractivity contribution in [2.45, 2.75) is 42.7 Å². The molecule has 0 radical (unpaired) electrons. The number of benzene rings is 1. The Bertz CT molecular complexity index is 611. The number of hydrogen-bond donors (Lipinski definition) is 1. The summed E-state index contributed by atoms with van der Waals surface area (Å²) in [4.78, 5) is -0.0537. The van der Waals surface area contributed by atoms with Crippen LogP contribution in [0.5, 0.6) is 0 Å². The summed E-state index contributed by atoms with van der Waals surface area (Å²) in [5.41, 5.74) is 0.378. The lowest BCUT2D eigenvalue weighted by atomic mass is 10.0. The van der Waals surface area contributed by atoms with Gasteiger partial charge in [-0.1, -0.05) is 0 Å². The predicted octanol–water partition coefficient (Wildman–Crippen LogP) is 2.33. The van der Waals surface area contributed by atoms with Gasteiger partial charge in [-0.2, -0.15) is 0 Å². The van der Waals surface area contributed by atoms with Crippen LogP contribution in [0, 0.1) is 11.6 Å². The Kier molecular flexibility index (Phi) is 3.09. The molecule has 3 nitrogen and oxygen atoms in total. The average molecular weight is 287 g/mol. The van der Waals surface area contributed by atoms with Crippen molar-refractivity contribution in [1.29, 1.82) is 0 Å². The first kappa shape index (κ1) is 13.0. The van der Waals surface area contributed by atoms with E-state index in [0.717, 1.165) is 25.0 Å². The summed E-state index contributed by atoms with van der Waals surface area (Å²) in [6.07, 6.45) is 3.25. The minimum Gasteiger partial charge on any atom is -0.307 e. The Labute approximate surface area is 110 Å². The number of halogens is 2. The third-order valence-corrected chi connectivity index (χ3v) is 5.53. The highest BCUT2D eigenvalue weighted by molar-refractivity contribution is 7.91. The minimum atomic E-state index is -3.51. The third kappa shape index (κ3) is 2.51. The van der Waals surface area contributed by atoms with E-state index in [-0.39, 0.29) is 16.7 Å². The third-order valence-electron chi connectivity index (χ3n) is 3.68. The van der Waals surface area contributed by atoms with E-state index in [1.165, 1.54) is 0 Å². The van der Waals surface area contributed by atoms with Crippen LogP contribution in [-0.4, -0.2) is 20.2 Å². The highest BCUT2D eigenvalue weighted by atomic mass is 32.2. The first-order valence-corrected chi connectivity index (χ1v) is 8.10. The van der Waals surface area contributed by atoms with E-state index in [4.69, 9.17) is 0 Å². The molecule has 1 aromatic rings. The van der Waals surface area contributed by atoms with E-state index < -0.39 is 21.5 Å². The van der Waals surface area contributed by atoms with Crippen LogP contribution in [0.1, 0.15) is 37.3 Å². The molecular formula is C13H15F2NO2S. The van der Waals surface area contributed by atoms with Gasteiger partial charge in [-0.25, -0.2) is 17.2 Å². The maximum Gasteiger partial charge on any atom is 0.178 e. The summed E-state index contributed by atoms with van der Waals surface area (Å²) in [6, 6.07) is 2.04. The molecule has 3 rings (SSSR count). The maximum absolute atomic E-state index is 13.4. The van der Waals surface area contributed by atoms with E-state index in [1.807, 2.05) is 0 Å². The van der Waals surface area contributed by atoms with Gasteiger partial charge in [0, 0.05) is 12.1 Å². The first-order chi connectivity index (χ1) is 8.97. The Balaban J connectivity index is 2.10. The Morgan fingerprint density at radius 1 is 1.11 bits per heavy atom. The fourth-order valence-corrected chi connectivity index (χ4v) is 4.15. The largest absolute Gasteiger partial charge is 0.307 e. The highest BCUT2D eigenvalue weighted by Gasteiger charge is 2.32. The number of rotatable bonds is 2. The summed E-state index contributed by atoms with van der Waals surface area (Å²) < 4.78 is 50.9. The molecule has 1 fully saturated rings. The molecule has 6 heteroatoms. The van der Waals surface area contributed by atoms with Crippen LogP contribution >= 0.6 is 0 Å². The number of hydrogen-bond acceptors (Lipinski definition) is 3. The molecule has 0 spiro atoms. The summed E-state index contributed by atoms with van der Waals surface area (Å²) in [7, 11) is -3.51. The van der Waals surface area contributed by atoms with Crippen molar-refractivity contribution in [2.75, 3.05) is 5.75 Å². The van der Waals surface area contributed by atoms with Crippen molar-refractivity contribution in [3.63, 3.8) is 0 Å². The van der Waals surface area contributed by atoms with Gasteiger partial charge in [0.25, 0.3) is 0 Å². The monoisotopic (exact) mass is 287 g/mol. The van der Waals surface area contributed by atoms with Gasteiger partial charge in [-0.15, -0.1) is 0 Å². The van der Waals surface area contributed by atoms with Crippen molar-refractivity contribution in [3.05, 3.63) is 29.3 Å². The second kappa shape index (κ2) is 4.52. The zero-order chi connectivity index (χ0) is 13.6. The predicted molar refractivity (Wildman–Crippen MR) is 66.5 cm³/mol. The number of fused-ring (bicyclic) bond motifs is 1. The van der Waals surface area contributed by atoms with Gasteiger partial charge < -0.3 is 5.32 Å². The Morgan fingerprint density at radius 2 is 1.79 bits per heavy atom. The minimum absolute atomic E-state index is 0.00603. The van der Waals surface area contributed by atoms with Crippen molar-refractivity contribution < 1.29 is 17.2 Å². The van der Waals surface area contributed by atoms with Gasteiger partial charge in [0.15, 0.2) is 21.5 Å². The van der Waals surface area contributed by atoms with E-state index in [0.29, 0.717) is 24.4 Å². The standard InChI is InChI=1S/C13H15F2NO2S/c14-10-6-9-12(16-8-3-4-8)2-1-5-19(17,18)13(9)7-11(10)15/h6-8,12,16H,1-5H2. The van der Waals surface area contributed by atoms with Crippen LogP contribution < -0.4 is 5.32 Å². The molecule has 1 atom stereocenters. The molecule has 19 heavy (non-hydrogen) atoms. The molecule has 0 aromatic heterocycles. The molecule has 2 aliphatic rings. The molecule has 1 heterocycles.